The van der Waals surface area contributed by atoms with Gasteiger partial charge in [0.05, 0.1) is 13.2 Å². The monoisotopic (exact) mass is 503 g/mol. The maximum Gasteiger partial charge on any atom is 0.329 e. The van der Waals surface area contributed by atoms with Crippen molar-refractivity contribution in [2.75, 3.05) is 12.0 Å². The summed E-state index contributed by atoms with van der Waals surface area (Å²) in [5.74, 6) is -2.10. The number of benzene rings is 3. The van der Waals surface area contributed by atoms with Gasteiger partial charge in [-0.15, -0.1) is 0 Å². The predicted octanol–water partition coefficient (Wildman–Crippen LogP) is 5.60. The Morgan fingerprint density at radius 3 is 2.26 bits per heavy atom. The zero-order valence-electron chi connectivity index (χ0n) is 18.6. The summed E-state index contributed by atoms with van der Waals surface area (Å²) < 4.78 is 5.27. The number of anilines is 1. The second kappa shape index (κ2) is 7.80. The van der Waals surface area contributed by atoms with E-state index in [1.165, 1.54) is 7.11 Å². The van der Waals surface area contributed by atoms with Crippen molar-refractivity contribution in [2.24, 2.45) is 5.41 Å². The van der Waals surface area contributed by atoms with Crippen LogP contribution < -0.4 is 4.90 Å². The molecule has 1 spiro atoms. The minimum Gasteiger partial charge on any atom is -0.467 e. The third-order valence-electron chi connectivity index (χ3n) is 7.45. The second-order valence-electron chi connectivity index (χ2n) is 8.95. The predicted molar refractivity (Wildman–Crippen MR) is 134 cm³/mol. The normalized spacial score (nSPS) is 23.3. The number of ketones is 2. The number of esters is 1. The number of hydrogen-bond donors (Lipinski definition) is 0. The molecule has 0 N–H and O–H groups in total. The standard InChI is InChI=1S/C28H19Cl2NO4/c1-35-27(34)24-23(19-12-11-16(29)14-20(19)30)28(25(32)17-7-3-4-8-18(17)26(28)33)22-13-10-15-6-2-5-9-21(15)31(22)24/h2-14,22-24H,1H3/t22-,23+,24-/m0/s1. The lowest BCUT2D eigenvalue weighted by atomic mass is 9.64. The van der Waals surface area contributed by atoms with Crippen LogP contribution in [-0.4, -0.2) is 36.7 Å². The van der Waals surface area contributed by atoms with E-state index >= 15 is 0 Å². The average Bonchev–Trinajstić information content (AvgIpc) is 3.30. The van der Waals surface area contributed by atoms with Crippen LogP contribution in [0.1, 0.15) is 37.8 Å². The van der Waals surface area contributed by atoms with E-state index in [1.54, 1.807) is 42.5 Å². The smallest absolute Gasteiger partial charge is 0.329 e. The number of hydrogen-bond acceptors (Lipinski definition) is 5. The Morgan fingerprint density at radius 1 is 0.943 bits per heavy atom. The van der Waals surface area contributed by atoms with Crippen LogP contribution >= 0.6 is 23.2 Å². The summed E-state index contributed by atoms with van der Waals surface area (Å²) in [5, 5.41) is 0.695. The fourth-order valence-corrected chi connectivity index (χ4v) is 6.63. The van der Waals surface area contributed by atoms with Crippen LogP contribution in [0, 0.1) is 5.41 Å². The highest BCUT2D eigenvalue weighted by Crippen LogP contribution is 2.61. The van der Waals surface area contributed by atoms with E-state index in [0.29, 0.717) is 21.7 Å². The van der Waals surface area contributed by atoms with Gasteiger partial charge in [-0.25, -0.2) is 4.79 Å². The molecule has 35 heavy (non-hydrogen) atoms. The van der Waals surface area contributed by atoms with Gasteiger partial charge in [-0.05, 0) is 29.3 Å². The first-order valence-electron chi connectivity index (χ1n) is 11.2. The molecule has 3 aromatic carbocycles. The topological polar surface area (TPSA) is 63.7 Å². The van der Waals surface area contributed by atoms with Crippen LogP contribution in [0.25, 0.3) is 6.08 Å². The molecule has 6 rings (SSSR count). The van der Waals surface area contributed by atoms with Gasteiger partial charge in [0.15, 0.2) is 11.6 Å². The molecule has 2 heterocycles. The van der Waals surface area contributed by atoms with Crippen molar-refractivity contribution in [1.29, 1.82) is 0 Å². The van der Waals surface area contributed by atoms with E-state index in [1.807, 2.05) is 41.3 Å². The summed E-state index contributed by atoms with van der Waals surface area (Å²) in [7, 11) is 1.31. The SMILES string of the molecule is COC(=O)[C@@H]1[C@@H](c2ccc(Cl)cc2Cl)C2(C(=O)c3ccccc3C2=O)[C@@H]2C=Cc3ccccc3N12. The molecule has 0 radical (unpaired) electrons. The Hall–Kier alpha value is -3.41. The Bertz CT molecular complexity index is 1430. The van der Waals surface area contributed by atoms with E-state index in [9.17, 15) is 14.4 Å². The second-order valence-corrected chi connectivity index (χ2v) is 9.80. The van der Waals surface area contributed by atoms with E-state index in [4.69, 9.17) is 27.9 Å². The fraction of sp³-hybridized carbons (Fsp3) is 0.179. The molecular weight excluding hydrogens is 485 g/mol. The lowest BCUT2D eigenvalue weighted by Crippen LogP contribution is -2.48. The zero-order chi connectivity index (χ0) is 24.5. The number of Topliss-reactive ketones (excluding diaryl/α,β-unsaturated/α-hetero) is 2. The van der Waals surface area contributed by atoms with Crippen molar-refractivity contribution in [3.8, 4) is 0 Å². The molecule has 3 aliphatic rings. The van der Waals surface area contributed by atoms with Crippen molar-refractivity contribution >= 4 is 52.5 Å². The summed E-state index contributed by atoms with van der Waals surface area (Å²) >= 11 is 12.9. The third-order valence-corrected chi connectivity index (χ3v) is 8.02. The molecular formula is C28H19Cl2NO4. The quantitative estimate of drug-likeness (QED) is 0.336. The summed E-state index contributed by atoms with van der Waals surface area (Å²) in [6.07, 6.45) is 3.76. The third kappa shape index (κ3) is 2.79. The van der Waals surface area contributed by atoms with Crippen LogP contribution in [0.3, 0.4) is 0 Å². The van der Waals surface area contributed by atoms with Crippen LogP contribution in [0.4, 0.5) is 5.69 Å². The molecule has 0 unspecified atom stereocenters. The largest absolute Gasteiger partial charge is 0.467 e. The Morgan fingerprint density at radius 2 is 1.60 bits per heavy atom. The maximum atomic E-state index is 14.3. The Kier molecular flexibility index (Phi) is 4.92. The van der Waals surface area contributed by atoms with Crippen molar-refractivity contribution in [3.63, 3.8) is 0 Å². The number of fused-ring (bicyclic) bond motifs is 5. The molecule has 174 valence electrons. The molecule has 0 amide bonds. The van der Waals surface area contributed by atoms with Gasteiger partial charge in [-0.1, -0.05) is 83.9 Å². The molecule has 1 aliphatic carbocycles. The Labute approximate surface area is 211 Å². The Balaban J connectivity index is 1.71. The van der Waals surface area contributed by atoms with Gasteiger partial charge in [-0.2, -0.15) is 0 Å². The van der Waals surface area contributed by atoms with Gasteiger partial charge >= 0.3 is 5.97 Å². The van der Waals surface area contributed by atoms with Crippen molar-refractivity contribution < 1.29 is 19.1 Å². The van der Waals surface area contributed by atoms with E-state index < -0.39 is 29.4 Å². The van der Waals surface area contributed by atoms with Gasteiger partial charge in [0, 0.05) is 32.8 Å². The van der Waals surface area contributed by atoms with Crippen LogP contribution in [0.2, 0.25) is 10.0 Å². The lowest BCUT2D eigenvalue weighted by Gasteiger charge is -2.36. The van der Waals surface area contributed by atoms with E-state index in [2.05, 4.69) is 0 Å². The molecule has 0 saturated carbocycles. The molecule has 7 heteroatoms. The fourth-order valence-electron chi connectivity index (χ4n) is 6.11. The van der Waals surface area contributed by atoms with Crippen LogP contribution in [0.15, 0.2) is 72.8 Å². The summed E-state index contributed by atoms with van der Waals surface area (Å²) in [5.41, 5.74) is 1.23. The first-order chi connectivity index (χ1) is 16.9. The molecule has 3 aromatic rings. The van der Waals surface area contributed by atoms with E-state index in [-0.39, 0.29) is 16.6 Å². The van der Waals surface area contributed by atoms with Gasteiger partial charge in [0.25, 0.3) is 0 Å². The number of nitrogens with zero attached hydrogens (tertiary/aromatic N) is 1. The summed E-state index contributed by atoms with van der Waals surface area (Å²) in [6, 6.07) is 17.6. The molecule has 3 atom stereocenters. The number of carbonyl (C=O) groups is 3. The maximum absolute atomic E-state index is 14.3. The van der Waals surface area contributed by atoms with Gasteiger partial charge in [0.1, 0.15) is 11.5 Å². The molecule has 1 fully saturated rings. The van der Waals surface area contributed by atoms with Gasteiger partial charge in [-0.3, -0.25) is 9.59 Å². The highest BCUT2D eigenvalue weighted by molar-refractivity contribution is 6.36. The summed E-state index contributed by atoms with van der Waals surface area (Å²) in [4.78, 5) is 44.0. The highest BCUT2D eigenvalue weighted by Gasteiger charge is 2.72. The number of carbonyl (C=O) groups excluding carboxylic acids is 3. The molecule has 2 aliphatic heterocycles. The first-order valence-corrected chi connectivity index (χ1v) is 11.9. The van der Waals surface area contributed by atoms with Gasteiger partial charge < -0.3 is 9.64 Å². The zero-order valence-corrected chi connectivity index (χ0v) is 20.1. The van der Waals surface area contributed by atoms with Crippen molar-refractivity contribution in [3.05, 3.63) is 105 Å². The number of rotatable bonds is 2. The molecule has 0 bridgehead atoms. The summed E-state index contributed by atoms with van der Waals surface area (Å²) in [6.45, 7) is 0. The number of methoxy groups -OCH3 is 1. The molecule has 1 saturated heterocycles. The number of ether oxygens (including phenoxy) is 1. The molecule has 0 aromatic heterocycles. The van der Waals surface area contributed by atoms with Crippen LogP contribution in [-0.2, 0) is 9.53 Å². The number of para-hydroxylation sites is 1. The minimum atomic E-state index is -1.61. The van der Waals surface area contributed by atoms with Gasteiger partial charge in [0.2, 0.25) is 0 Å². The van der Waals surface area contributed by atoms with Crippen LogP contribution in [0.5, 0.6) is 0 Å². The van der Waals surface area contributed by atoms with E-state index in [0.717, 1.165) is 11.3 Å². The minimum absolute atomic E-state index is 0.282. The average molecular weight is 504 g/mol. The first kappa shape index (κ1) is 22.1. The lowest BCUT2D eigenvalue weighted by molar-refractivity contribution is -0.142. The van der Waals surface area contributed by atoms with Crippen molar-refractivity contribution in [1.82, 2.24) is 0 Å². The highest BCUT2D eigenvalue weighted by atomic mass is 35.5. The molecule has 5 nitrogen and oxygen atoms in total. The van der Waals surface area contributed by atoms with Crippen molar-refractivity contribution in [2.45, 2.75) is 18.0 Å². The number of halogens is 2.